The highest BCUT2D eigenvalue weighted by molar-refractivity contribution is 7.73. The van der Waals surface area contributed by atoms with Crippen molar-refractivity contribution in [2.45, 2.75) is 19.3 Å². The first-order chi connectivity index (χ1) is 13.1. The summed E-state index contributed by atoms with van der Waals surface area (Å²) in [6.07, 6.45) is 3.51. The van der Waals surface area contributed by atoms with Crippen LogP contribution in [0, 0.1) is 5.41 Å². The van der Waals surface area contributed by atoms with Crippen LogP contribution in [0.5, 0.6) is 0 Å². The van der Waals surface area contributed by atoms with Crippen LogP contribution in [0.3, 0.4) is 0 Å². The standard InChI is InChI=1S/C21H29N4OP/c1-25(21(22)23)16-14-20(26)24-15-8-9-17-27(18-10-4-2-5-11-18)19-12-6-3-7-13-19/h2-7,10-13H,8-9,14-17H2,1H3,(H3,22,23)(H,24,26). The average Bonchev–Trinajstić information content (AvgIpc) is 2.70. The Morgan fingerprint density at radius 2 is 1.59 bits per heavy atom. The van der Waals surface area contributed by atoms with Crippen molar-refractivity contribution in [3.05, 3.63) is 60.7 Å². The molecule has 0 aliphatic heterocycles. The second kappa shape index (κ2) is 11.3. The Kier molecular flexibility index (Phi) is 8.79. The second-order valence-electron chi connectivity index (χ2n) is 6.44. The van der Waals surface area contributed by atoms with E-state index in [-0.39, 0.29) is 19.8 Å². The number of rotatable bonds is 10. The number of amides is 1. The van der Waals surface area contributed by atoms with Crippen molar-refractivity contribution < 1.29 is 4.79 Å². The van der Waals surface area contributed by atoms with Gasteiger partial charge in [-0.3, -0.25) is 10.2 Å². The van der Waals surface area contributed by atoms with E-state index in [1.54, 1.807) is 11.9 Å². The number of carbonyl (C=O) groups excluding carboxylic acids is 1. The molecule has 0 fully saturated rings. The van der Waals surface area contributed by atoms with Gasteiger partial charge in [-0.15, -0.1) is 0 Å². The van der Waals surface area contributed by atoms with E-state index in [0.29, 0.717) is 19.5 Å². The number of guanidine groups is 1. The molecule has 0 aliphatic rings. The van der Waals surface area contributed by atoms with Crippen molar-refractivity contribution in [3.63, 3.8) is 0 Å². The zero-order valence-electron chi connectivity index (χ0n) is 15.9. The minimum Gasteiger partial charge on any atom is -0.370 e. The molecule has 2 aromatic rings. The SMILES string of the molecule is CN(CCC(=O)NCCCCP(c1ccccc1)c1ccccc1)C(=N)N. The number of unbranched alkanes of at least 4 members (excludes halogenated alkanes) is 1. The molecule has 0 spiro atoms. The van der Waals surface area contributed by atoms with Crippen LogP contribution >= 0.6 is 7.92 Å². The zero-order chi connectivity index (χ0) is 19.5. The summed E-state index contributed by atoms with van der Waals surface area (Å²) in [5.41, 5.74) is 5.37. The smallest absolute Gasteiger partial charge is 0.221 e. The molecule has 4 N–H and O–H groups in total. The van der Waals surface area contributed by atoms with E-state index in [9.17, 15) is 4.79 Å². The summed E-state index contributed by atoms with van der Waals surface area (Å²) in [6.45, 7) is 1.16. The fraction of sp³-hybridized carbons (Fsp3) is 0.333. The predicted molar refractivity (Wildman–Crippen MR) is 115 cm³/mol. The van der Waals surface area contributed by atoms with Gasteiger partial charge in [0.05, 0.1) is 0 Å². The molecule has 0 saturated carbocycles. The van der Waals surface area contributed by atoms with Crippen molar-refractivity contribution in [1.82, 2.24) is 10.2 Å². The number of hydrogen-bond donors (Lipinski definition) is 3. The number of hydrogen-bond acceptors (Lipinski definition) is 2. The molecule has 0 saturated heterocycles. The van der Waals surface area contributed by atoms with Gasteiger partial charge in [-0.05, 0) is 37.5 Å². The highest BCUT2D eigenvalue weighted by Gasteiger charge is 2.13. The fourth-order valence-electron chi connectivity index (χ4n) is 2.72. The molecule has 0 bridgehead atoms. The molecule has 0 unspecified atom stereocenters. The molecule has 5 nitrogen and oxygen atoms in total. The molecule has 1 amide bonds. The highest BCUT2D eigenvalue weighted by atomic mass is 31.1. The largest absolute Gasteiger partial charge is 0.370 e. The minimum absolute atomic E-state index is 0.0106. The average molecular weight is 384 g/mol. The first-order valence-corrected chi connectivity index (χ1v) is 10.8. The molecular weight excluding hydrogens is 355 g/mol. The van der Waals surface area contributed by atoms with Crippen molar-refractivity contribution in [2.75, 3.05) is 26.3 Å². The van der Waals surface area contributed by atoms with Gasteiger partial charge in [0.25, 0.3) is 0 Å². The number of nitrogens with zero attached hydrogens (tertiary/aromatic N) is 1. The van der Waals surface area contributed by atoms with Gasteiger partial charge >= 0.3 is 0 Å². The Labute approximate surface area is 163 Å². The predicted octanol–water partition coefficient (Wildman–Crippen LogP) is 2.23. The third kappa shape index (κ3) is 7.40. The molecule has 0 aromatic heterocycles. The summed E-state index contributed by atoms with van der Waals surface area (Å²) in [7, 11) is 1.35. The molecule has 0 heterocycles. The molecular formula is C21H29N4OP. The van der Waals surface area contributed by atoms with Crippen LogP contribution in [0.25, 0.3) is 0 Å². The third-order valence-corrected chi connectivity index (χ3v) is 6.96. The molecule has 0 aliphatic carbocycles. The van der Waals surface area contributed by atoms with E-state index in [2.05, 4.69) is 66.0 Å². The summed E-state index contributed by atoms with van der Waals surface area (Å²) < 4.78 is 0. The first kappa shape index (κ1) is 20.9. The van der Waals surface area contributed by atoms with Crippen molar-refractivity contribution in [2.24, 2.45) is 5.73 Å². The van der Waals surface area contributed by atoms with Crippen LogP contribution in [0.15, 0.2) is 60.7 Å². The summed E-state index contributed by atoms with van der Waals surface area (Å²) in [6, 6.07) is 21.4. The van der Waals surface area contributed by atoms with Gasteiger partial charge < -0.3 is 16.0 Å². The molecule has 27 heavy (non-hydrogen) atoms. The van der Waals surface area contributed by atoms with Gasteiger partial charge in [-0.2, -0.15) is 0 Å². The van der Waals surface area contributed by atoms with Crippen LogP contribution < -0.4 is 21.7 Å². The zero-order valence-corrected chi connectivity index (χ0v) is 16.8. The Balaban J connectivity index is 1.76. The summed E-state index contributed by atoms with van der Waals surface area (Å²) in [5, 5.41) is 13.1. The topological polar surface area (TPSA) is 82.2 Å². The Bertz CT molecular complexity index is 669. The van der Waals surface area contributed by atoms with E-state index in [1.165, 1.54) is 10.6 Å². The van der Waals surface area contributed by atoms with Gasteiger partial charge in [0.1, 0.15) is 0 Å². The van der Waals surface area contributed by atoms with Gasteiger partial charge in [0, 0.05) is 26.6 Å². The number of carbonyl (C=O) groups is 1. The fourth-order valence-corrected chi connectivity index (χ4v) is 5.14. The normalized spacial score (nSPS) is 10.6. The lowest BCUT2D eigenvalue weighted by Crippen LogP contribution is -2.36. The molecule has 6 heteroatoms. The lowest BCUT2D eigenvalue weighted by Gasteiger charge is -2.19. The van der Waals surface area contributed by atoms with Crippen molar-refractivity contribution in [3.8, 4) is 0 Å². The highest BCUT2D eigenvalue weighted by Crippen LogP contribution is 2.34. The second-order valence-corrected chi connectivity index (χ2v) is 8.77. The first-order valence-electron chi connectivity index (χ1n) is 9.27. The van der Waals surface area contributed by atoms with Gasteiger partial charge in [-0.25, -0.2) is 0 Å². The molecule has 0 radical (unpaired) electrons. The Morgan fingerprint density at radius 3 is 2.11 bits per heavy atom. The summed E-state index contributed by atoms with van der Waals surface area (Å²) in [4.78, 5) is 13.4. The third-order valence-electron chi connectivity index (χ3n) is 4.35. The lowest BCUT2D eigenvalue weighted by atomic mass is 10.3. The van der Waals surface area contributed by atoms with E-state index >= 15 is 0 Å². The van der Waals surface area contributed by atoms with E-state index in [4.69, 9.17) is 11.1 Å². The van der Waals surface area contributed by atoms with Gasteiger partial charge in [-0.1, -0.05) is 60.7 Å². The maximum Gasteiger partial charge on any atom is 0.221 e. The summed E-state index contributed by atoms with van der Waals surface area (Å²) in [5.74, 6) is -0.00513. The maximum atomic E-state index is 11.9. The lowest BCUT2D eigenvalue weighted by molar-refractivity contribution is -0.121. The van der Waals surface area contributed by atoms with Crippen LogP contribution in [-0.2, 0) is 4.79 Å². The monoisotopic (exact) mass is 384 g/mol. The van der Waals surface area contributed by atoms with Crippen LogP contribution in [0.1, 0.15) is 19.3 Å². The van der Waals surface area contributed by atoms with E-state index in [0.717, 1.165) is 19.0 Å². The molecule has 144 valence electrons. The number of benzene rings is 2. The quantitative estimate of drug-likeness (QED) is 0.254. The van der Waals surface area contributed by atoms with Crippen LogP contribution in [0.4, 0.5) is 0 Å². The molecule has 0 atom stereocenters. The van der Waals surface area contributed by atoms with Gasteiger partial charge in [0.15, 0.2) is 5.96 Å². The Morgan fingerprint density at radius 1 is 1.04 bits per heavy atom. The van der Waals surface area contributed by atoms with Gasteiger partial charge in [0.2, 0.25) is 5.91 Å². The minimum atomic E-state index is -0.362. The summed E-state index contributed by atoms with van der Waals surface area (Å²) >= 11 is 0. The van der Waals surface area contributed by atoms with Crippen molar-refractivity contribution >= 4 is 30.4 Å². The van der Waals surface area contributed by atoms with Crippen LogP contribution in [0.2, 0.25) is 0 Å². The molecule has 2 aromatic carbocycles. The van der Waals surface area contributed by atoms with Crippen molar-refractivity contribution in [1.29, 1.82) is 5.41 Å². The maximum absolute atomic E-state index is 11.9. The van der Waals surface area contributed by atoms with E-state index < -0.39 is 0 Å². The number of nitrogens with two attached hydrogens (primary N) is 1. The molecule has 2 rings (SSSR count). The van der Waals surface area contributed by atoms with Crippen LogP contribution in [-0.4, -0.2) is 43.1 Å². The number of nitrogens with one attached hydrogen (secondary N) is 2. The van der Waals surface area contributed by atoms with E-state index in [1.807, 2.05) is 0 Å². The Hall–Kier alpha value is -2.39.